The molecule has 2 nitrogen and oxygen atoms in total. The fourth-order valence-electron chi connectivity index (χ4n) is 2.76. The van der Waals surface area contributed by atoms with Gasteiger partial charge in [-0.15, -0.1) is 0 Å². The Hall–Kier alpha value is -1.02. The topological polar surface area (TPSA) is 21.3 Å². The molecule has 1 aliphatic rings. The van der Waals surface area contributed by atoms with Crippen LogP contribution in [0.1, 0.15) is 38.2 Å². The quantitative estimate of drug-likeness (QED) is 0.834. The van der Waals surface area contributed by atoms with E-state index < -0.39 is 0 Å². The van der Waals surface area contributed by atoms with Gasteiger partial charge in [0.25, 0.3) is 0 Å². The van der Waals surface area contributed by atoms with Crippen LogP contribution in [0.15, 0.2) is 24.3 Å². The fourth-order valence-corrected chi connectivity index (χ4v) is 2.76. The average molecular weight is 233 g/mol. The summed E-state index contributed by atoms with van der Waals surface area (Å²) in [5.41, 5.74) is 2.48. The zero-order valence-corrected chi connectivity index (χ0v) is 10.9. The van der Waals surface area contributed by atoms with Crippen molar-refractivity contribution in [2.24, 2.45) is 5.92 Å². The molecule has 1 unspecified atom stereocenters. The molecule has 0 amide bonds. The van der Waals surface area contributed by atoms with Gasteiger partial charge in [0, 0.05) is 24.4 Å². The van der Waals surface area contributed by atoms with Crippen molar-refractivity contribution in [3.8, 4) is 0 Å². The maximum absolute atomic E-state index is 5.24. The number of para-hydroxylation sites is 1. The van der Waals surface area contributed by atoms with E-state index in [4.69, 9.17) is 4.74 Å². The van der Waals surface area contributed by atoms with Crippen molar-refractivity contribution in [3.05, 3.63) is 29.8 Å². The van der Waals surface area contributed by atoms with Gasteiger partial charge in [0.05, 0.1) is 6.61 Å². The zero-order chi connectivity index (χ0) is 12.1. The number of anilines is 1. The van der Waals surface area contributed by atoms with Crippen LogP contribution in [0.2, 0.25) is 0 Å². The van der Waals surface area contributed by atoms with E-state index in [1.54, 1.807) is 7.11 Å². The van der Waals surface area contributed by atoms with E-state index in [1.807, 2.05) is 0 Å². The summed E-state index contributed by atoms with van der Waals surface area (Å²) >= 11 is 0. The van der Waals surface area contributed by atoms with Crippen molar-refractivity contribution >= 4 is 5.69 Å². The molecule has 1 aliphatic carbocycles. The van der Waals surface area contributed by atoms with Crippen LogP contribution < -0.4 is 5.32 Å². The second-order valence-electron chi connectivity index (χ2n) is 5.07. The Morgan fingerprint density at radius 2 is 2.00 bits per heavy atom. The zero-order valence-electron chi connectivity index (χ0n) is 10.9. The molecule has 1 aromatic carbocycles. The predicted octanol–water partition coefficient (Wildman–Crippen LogP) is 3.82. The van der Waals surface area contributed by atoms with Crippen molar-refractivity contribution in [2.75, 3.05) is 12.4 Å². The molecule has 17 heavy (non-hydrogen) atoms. The van der Waals surface area contributed by atoms with Gasteiger partial charge in [-0.2, -0.15) is 0 Å². The summed E-state index contributed by atoms with van der Waals surface area (Å²) in [6.45, 7) is 2.99. The minimum atomic E-state index is 0.565. The van der Waals surface area contributed by atoms with Gasteiger partial charge < -0.3 is 10.1 Å². The highest BCUT2D eigenvalue weighted by Crippen LogP contribution is 2.29. The van der Waals surface area contributed by atoms with E-state index in [2.05, 4.69) is 36.5 Å². The van der Waals surface area contributed by atoms with E-state index in [0.717, 1.165) is 5.92 Å². The van der Waals surface area contributed by atoms with Crippen molar-refractivity contribution in [1.29, 1.82) is 0 Å². The first-order valence-electron chi connectivity index (χ1n) is 6.64. The third-order valence-electron chi connectivity index (χ3n) is 3.81. The molecule has 1 fully saturated rings. The first kappa shape index (κ1) is 12.4. The number of hydrogen-bond acceptors (Lipinski definition) is 2. The Bertz CT molecular complexity index is 345. The lowest BCUT2D eigenvalue weighted by atomic mass is 9.99. The molecule has 0 bridgehead atoms. The summed E-state index contributed by atoms with van der Waals surface area (Å²) in [6, 6.07) is 9.01. The van der Waals surface area contributed by atoms with Crippen LogP contribution >= 0.6 is 0 Å². The maximum atomic E-state index is 5.24. The van der Waals surface area contributed by atoms with E-state index in [1.165, 1.54) is 36.9 Å². The Kier molecular flexibility index (Phi) is 4.43. The van der Waals surface area contributed by atoms with Gasteiger partial charge >= 0.3 is 0 Å². The number of ether oxygens (including phenoxy) is 1. The van der Waals surface area contributed by atoms with Gasteiger partial charge in [0.2, 0.25) is 0 Å². The van der Waals surface area contributed by atoms with Crippen LogP contribution in [0.25, 0.3) is 0 Å². The summed E-state index contributed by atoms with van der Waals surface area (Å²) in [5, 5.41) is 3.66. The van der Waals surface area contributed by atoms with E-state index in [9.17, 15) is 0 Å². The van der Waals surface area contributed by atoms with E-state index >= 15 is 0 Å². The SMILES string of the molecule is COCc1ccccc1NC(C)C1CCCC1. The summed E-state index contributed by atoms with van der Waals surface area (Å²) in [6.07, 6.45) is 5.55. The molecule has 94 valence electrons. The highest BCUT2D eigenvalue weighted by atomic mass is 16.5. The minimum absolute atomic E-state index is 0.565. The number of methoxy groups -OCH3 is 1. The summed E-state index contributed by atoms with van der Waals surface area (Å²) in [4.78, 5) is 0. The molecular weight excluding hydrogens is 210 g/mol. The number of rotatable bonds is 5. The molecule has 2 rings (SSSR count). The normalized spacial score (nSPS) is 18.2. The van der Waals surface area contributed by atoms with Gasteiger partial charge in [-0.05, 0) is 31.7 Å². The Morgan fingerprint density at radius 1 is 1.29 bits per heavy atom. The third-order valence-corrected chi connectivity index (χ3v) is 3.81. The number of hydrogen-bond donors (Lipinski definition) is 1. The van der Waals surface area contributed by atoms with Crippen molar-refractivity contribution in [3.63, 3.8) is 0 Å². The fraction of sp³-hybridized carbons (Fsp3) is 0.600. The van der Waals surface area contributed by atoms with Gasteiger partial charge in [0.15, 0.2) is 0 Å². The van der Waals surface area contributed by atoms with Crippen LogP contribution in [-0.2, 0) is 11.3 Å². The largest absolute Gasteiger partial charge is 0.382 e. The second-order valence-corrected chi connectivity index (χ2v) is 5.07. The molecule has 0 aromatic heterocycles. The monoisotopic (exact) mass is 233 g/mol. The van der Waals surface area contributed by atoms with Crippen LogP contribution in [0.4, 0.5) is 5.69 Å². The summed E-state index contributed by atoms with van der Waals surface area (Å²) < 4.78 is 5.24. The Labute approximate surface area is 104 Å². The number of nitrogens with one attached hydrogen (secondary N) is 1. The van der Waals surface area contributed by atoms with Crippen molar-refractivity contribution in [1.82, 2.24) is 0 Å². The Balaban J connectivity index is 2.01. The van der Waals surface area contributed by atoms with Crippen LogP contribution in [-0.4, -0.2) is 13.2 Å². The van der Waals surface area contributed by atoms with E-state index in [-0.39, 0.29) is 0 Å². The third kappa shape index (κ3) is 3.22. The summed E-state index contributed by atoms with van der Waals surface area (Å²) in [7, 11) is 1.75. The van der Waals surface area contributed by atoms with Crippen molar-refractivity contribution in [2.45, 2.75) is 45.3 Å². The molecular formula is C15H23NO. The molecule has 0 aliphatic heterocycles. The molecule has 2 heteroatoms. The molecule has 1 saturated carbocycles. The standard InChI is InChI=1S/C15H23NO/c1-12(13-7-3-4-8-13)16-15-10-6-5-9-14(15)11-17-2/h5-6,9-10,12-13,16H,3-4,7-8,11H2,1-2H3. The first-order valence-corrected chi connectivity index (χ1v) is 6.64. The first-order chi connectivity index (χ1) is 8.31. The lowest BCUT2D eigenvalue weighted by molar-refractivity contribution is 0.185. The van der Waals surface area contributed by atoms with Gasteiger partial charge in [-0.3, -0.25) is 0 Å². The Morgan fingerprint density at radius 3 is 2.71 bits per heavy atom. The smallest absolute Gasteiger partial charge is 0.0733 e. The molecule has 1 N–H and O–H groups in total. The van der Waals surface area contributed by atoms with Crippen LogP contribution in [0.3, 0.4) is 0 Å². The number of benzene rings is 1. The molecule has 0 saturated heterocycles. The van der Waals surface area contributed by atoms with Crippen LogP contribution in [0.5, 0.6) is 0 Å². The minimum Gasteiger partial charge on any atom is -0.382 e. The molecule has 0 spiro atoms. The predicted molar refractivity (Wildman–Crippen MR) is 72.2 cm³/mol. The second kappa shape index (κ2) is 6.06. The van der Waals surface area contributed by atoms with Crippen LogP contribution in [0, 0.1) is 5.92 Å². The van der Waals surface area contributed by atoms with Crippen molar-refractivity contribution < 1.29 is 4.74 Å². The van der Waals surface area contributed by atoms with Gasteiger partial charge in [-0.25, -0.2) is 0 Å². The molecule has 0 heterocycles. The lowest BCUT2D eigenvalue weighted by Gasteiger charge is -2.23. The highest BCUT2D eigenvalue weighted by molar-refractivity contribution is 5.51. The molecule has 0 radical (unpaired) electrons. The molecule has 1 atom stereocenters. The highest BCUT2D eigenvalue weighted by Gasteiger charge is 2.21. The van der Waals surface area contributed by atoms with E-state index in [0.29, 0.717) is 12.6 Å². The molecule has 1 aromatic rings. The van der Waals surface area contributed by atoms with Gasteiger partial charge in [-0.1, -0.05) is 31.0 Å². The summed E-state index contributed by atoms with van der Waals surface area (Å²) in [5.74, 6) is 0.839. The average Bonchev–Trinajstić information content (AvgIpc) is 2.85. The lowest BCUT2D eigenvalue weighted by Crippen LogP contribution is -2.24. The maximum Gasteiger partial charge on any atom is 0.0733 e. The van der Waals surface area contributed by atoms with Gasteiger partial charge in [0.1, 0.15) is 0 Å².